The van der Waals surface area contributed by atoms with Gasteiger partial charge in [-0.2, -0.15) is 0 Å². The van der Waals surface area contributed by atoms with Crippen LogP contribution < -0.4 is 4.90 Å². The van der Waals surface area contributed by atoms with Gasteiger partial charge in [0.2, 0.25) is 5.91 Å². The molecule has 3 aliphatic heterocycles. The van der Waals surface area contributed by atoms with Gasteiger partial charge >= 0.3 is 5.97 Å². The number of alkyl halides is 1. The molecule has 1 aromatic carbocycles. The number of anilines is 1. The summed E-state index contributed by atoms with van der Waals surface area (Å²) in [5.74, 6) is -4.15. The van der Waals surface area contributed by atoms with E-state index in [1.807, 2.05) is 0 Å². The molecule has 0 aliphatic carbocycles. The standard InChI is InChI=1S/C23H26BrClN2O6/c1-3-9-26(15-8-6-5-7-14(15)25)21(30)19-23-10-13(24)18(33-23)16(22(31)32)17(23)20(29)27(19)12(4-2)11-28/h3,5-8,12-13,16-19,28H,1,4,9-11H2,2H3,(H,31,32)/t12-,13?,16+,17-,18+,19?,23?/m0/s1. The molecule has 2 bridgehead atoms. The largest absolute Gasteiger partial charge is 0.481 e. The Morgan fingerprint density at radius 2 is 2.15 bits per heavy atom. The number of aliphatic hydroxyl groups is 1. The zero-order chi connectivity index (χ0) is 24.1. The summed E-state index contributed by atoms with van der Waals surface area (Å²) >= 11 is 9.92. The summed E-state index contributed by atoms with van der Waals surface area (Å²) in [4.78, 5) is 42.5. The maximum atomic E-state index is 14.2. The topological polar surface area (TPSA) is 107 Å². The van der Waals surface area contributed by atoms with Crippen LogP contribution in [0.4, 0.5) is 5.69 Å². The van der Waals surface area contributed by atoms with Crippen LogP contribution in [0, 0.1) is 11.8 Å². The monoisotopic (exact) mass is 540 g/mol. The Morgan fingerprint density at radius 1 is 1.45 bits per heavy atom. The van der Waals surface area contributed by atoms with Crippen molar-refractivity contribution in [3.8, 4) is 0 Å². The lowest BCUT2D eigenvalue weighted by atomic mass is 9.70. The highest BCUT2D eigenvalue weighted by molar-refractivity contribution is 9.09. The third kappa shape index (κ3) is 3.51. The first-order valence-electron chi connectivity index (χ1n) is 10.9. The van der Waals surface area contributed by atoms with Crippen molar-refractivity contribution in [1.29, 1.82) is 0 Å². The van der Waals surface area contributed by atoms with E-state index in [4.69, 9.17) is 16.3 Å². The molecular weight excluding hydrogens is 516 g/mol. The number of aliphatic carboxylic acids is 1. The highest BCUT2D eigenvalue weighted by Crippen LogP contribution is 2.60. The molecule has 2 amide bonds. The second-order valence-electron chi connectivity index (χ2n) is 8.68. The number of carbonyl (C=O) groups excluding carboxylic acids is 2. The number of ether oxygens (including phenoxy) is 1. The minimum absolute atomic E-state index is 0.126. The number of hydrogen-bond donors (Lipinski definition) is 2. The lowest BCUT2D eigenvalue weighted by Gasteiger charge is -2.39. The van der Waals surface area contributed by atoms with Gasteiger partial charge in [0.15, 0.2) is 0 Å². The summed E-state index contributed by atoms with van der Waals surface area (Å²) in [5.41, 5.74) is -0.870. The number of aliphatic hydroxyl groups excluding tert-OH is 1. The summed E-state index contributed by atoms with van der Waals surface area (Å²) < 4.78 is 6.26. The molecule has 178 valence electrons. The highest BCUT2D eigenvalue weighted by atomic mass is 79.9. The van der Waals surface area contributed by atoms with Gasteiger partial charge in [-0.1, -0.05) is 52.7 Å². The molecule has 3 heterocycles. The highest BCUT2D eigenvalue weighted by Gasteiger charge is 2.77. The molecule has 7 atom stereocenters. The summed E-state index contributed by atoms with van der Waals surface area (Å²) in [6.07, 6.45) is 1.52. The normalized spacial score (nSPS) is 33.2. The number of hydrogen-bond acceptors (Lipinski definition) is 5. The molecule has 0 aromatic heterocycles. The molecule has 10 heteroatoms. The molecule has 0 radical (unpaired) electrons. The zero-order valence-corrected chi connectivity index (χ0v) is 20.4. The summed E-state index contributed by atoms with van der Waals surface area (Å²) in [6.45, 7) is 5.32. The molecule has 2 N–H and O–H groups in total. The van der Waals surface area contributed by atoms with E-state index in [0.717, 1.165) is 0 Å². The Morgan fingerprint density at radius 3 is 2.73 bits per heavy atom. The van der Waals surface area contributed by atoms with Gasteiger partial charge in [-0.3, -0.25) is 14.4 Å². The van der Waals surface area contributed by atoms with E-state index < -0.39 is 53.4 Å². The second-order valence-corrected chi connectivity index (χ2v) is 10.3. The first kappa shape index (κ1) is 24.2. The number of halogens is 2. The Bertz CT molecular complexity index is 987. The SMILES string of the molecule is C=CCN(C(=O)C1N([C@@H](CC)CO)C(=O)[C@@H]2[C@@H](C(=O)O)[C@@H]3OC12CC3Br)c1ccccc1Cl. The number of fused-ring (bicyclic) bond motifs is 1. The fourth-order valence-corrected chi connectivity index (χ4v) is 6.87. The minimum Gasteiger partial charge on any atom is -0.481 e. The van der Waals surface area contributed by atoms with Gasteiger partial charge in [-0.25, -0.2) is 0 Å². The molecule has 3 fully saturated rings. The third-order valence-electron chi connectivity index (χ3n) is 7.04. The summed E-state index contributed by atoms with van der Waals surface area (Å²) in [6, 6.07) is 5.08. The van der Waals surface area contributed by atoms with Crippen molar-refractivity contribution < 1.29 is 29.3 Å². The van der Waals surface area contributed by atoms with E-state index in [1.165, 1.54) is 9.80 Å². The maximum absolute atomic E-state index is 14.2. The van der Waals surface area contributed by atoms with Crippen molar-refractivity contribution in [2.45, 2.75) is 48.4 Å². The molecule has 3 aliphatic rings. The van der Waals surface area contributed by atoms with Gasteiger partial charge < -0.3 is 24.7 Å². The fourth-order valence-electron chi connectivity index (χ4n) is 5.69. The number of carboxylic acid groups (broad SMARTS) is 1. The molecule has 33 heavy (non-hydrogen) atoms. The number of rotatable bonds is 8. The Labute approximate surface area is 205 Å². The van der Waals surface area contributed by atoms with Crippen molar-refractivity contribution in [2.75, 3.05) is 18.1 Å². The molecule has 4 rings (SSSR count). The summed E-state index contributed by atoms with van der Waals surface area (Å²) in [7, 11) is 0. The van der Waals surface area contributed by atoms with Gasteiger partial charge in [0.25, 0.3) is 5.91 Å². The maximum Gasteiger partial charge on any atom is 0.310 e. The lowest BCUT2D eigenvalue weighted by Crippen LogP contribution is -2.59. The molecular formula is C23H26BrClN2O6. The van der Waals surface area contributed by atoms with Crippen LogP contribution in [0.2, 0.25) is 5.02 Å². The predicted molar refractivity (Wildman–Crippen MR) is 125 cm³/mol. The Balaban J connectivity index is 1.86. The van der Waals surface area contributed by atoms with Gasteiger partial charge in [0, 0.05) is 11.4 Å². The molecule has 3 unspecified atom stereocenters. The van der Waals surface area contributed by atoms with Crippen LogP contribution >= 0.6 is 27.5 Å². The van der Waals surface area contributed by atoms with E-state index in [-0.39, 0.29) is 18.0 Å². The first-order valence-corrected chi connectivity index (χ1v) is 12.2. The van der Waals surface area contributed by atoms with Gasteiger partial charge in [0.1, 0.15) is 11.6 Å². The molecule has 3 saturated heterocycles. The number of carboxylic acids is 1. The van der Waals surface area contributed by atoms with Crippen LogP contribution in [0.3, 0.4) is 0 Å². The van der Waals surface area contributed by atoms with Crippen LogP contribution in [0.15, 0.2) is 36.9 Å². The van der Waals surface area contributed by atoms with Gasteiger partial charge in [0.05, 0.1) is 41.3 Å². The average Bonchev–Trinajstić information content (AvgIpc) is 3.37. The molecule has 1 aromatic rings. The van der Waals surface area contributed by atoms with E-state index in [9.17, 15) is 24.6 Å². The number of amides is 2. The van der Waals surface area contributed by atoms with Crippen LogP contribution in [0.1, 0.15) is 19.8 Å². The molecule has 8 nitrogen and oxygen atoms in total. The molecule has 1 spiro atoms. The number of benzene rings is 1. The Kier molecular flexibility index (Phi) is 6.61. The van der Waals surface area contributed by atoms with Crippen LogP contribution in [0.5, 0.6) is 0 Å². The third-order valence-corrected chi connectivity index (χ3v) is 8.21. The van der Waals surface area contributed by atoms with Crippen molar-refractivity contribution in [1.82, 2.24) is 4.90 Å². The number of nitrogens with zero attached hydrogens (tertiary/aromatic N) is 2. The number of para-hydroxylation sites is 1. The fraction of sp³-hybridized carbons (Fsp3) is 0.522. The van der Waals surface area contributed by atoms with Crippen molar-refractivity contribution >= 4 is 51.0 Å². The molecule has 0 saturated carbocycles. The van der Waals surface area contributed by atoms with E-state index in [2.05, 4.69) is 22.5 Å². The quantitative estimate of drug-likeness (QED) is 0.387. The average molecular weight is 542 g/mol. The summed E-state index contributed by atoms with van der Waals surface area (Å²) in [5, 5.41) is 20.3. The predicted octanol–water partition coefficient (Wildman–Crippen LogP) is 2.46. The van der Waals surface area contributed by atoms with Crippen molar-refractivity contribution in [3.63, 3.8) is 0 Å². The Hall–Kier alpha value is -1.94. The van der Waals surface area contributed by atoms with Crippen LogP contribution in [-0.4, -0.2) is 74.7 Å². The van der Waals surface area contributed by atoms with E-state index >= 15 is 0 Å². The first-order chi connectivity index (χ1) is 15.7. The van der Waals surface area contributed by atoms with Crippen LogP contribution in [0.25, 0.3) is 0 Å². The lowest BCUT2D eigenvalue weighted by molar-refractivity contribution is -0.150. The second kappa shape index (κ2) is 9.02. The van der Waals surface area contributed by atoms with E-state index in [0.29, 0.717) is 23.6 Å². The van der Waals surface area contributed by atoms with E-state index in [1.54, 1.807) is 37.3 Å². The zero-order valence-electron chi connectivity index (χ0n) is 18.1. The minimum atomic E-state index is -1.32. The van der Waals surface area contributed by atoms with Gasteiger partial charge in [-0.05, 0) is 25.0 Å². The number of likely N-dealkylation sites (tertiary alicyclic amines) is 1. The van der Waals surface area contributed by atoms with Crippen molar-refractivity contribution in [3.05, 3.63) is 41.9 Å². The van der Waals surface area contributed by atoms with Crippen molar-refractivity contribution in [2.24, 2.45) is 11.8 Å². The smallest absolute Gasteiger partial charge is 0.310 e. The van der Waals surface area contributed by atoms with Gasteiger partial charge in [-0.15, -0.1) is 6.58 Å². The number of carbonyl (C=O) groups is 3. The van der Waals surface area contributed by atoms with Crippen LogP contribution in [-0.2, 0) is 19.1 Å².